The molecule has 0 aromatic heterocycles. The van der Waals surface area contributed by atoms with Crippen LogP contribution in [-0.4, -0.2) is 48.0 Å². The number of rotatable bonds is 6. The SMILES string of the molecule is CCCC1(CC(=O)NO)CCN(CC(=O)NC)C1=O. The van der Waals surface area contributed by atoms with Crippen molar-refractivity contribution >= 4 is 17.7 Å². The smallest absolute Gasteiger partial charge is 0.244 e. The molecular weight excluding hydrogens is 250 g/mol. The van der Waals surface area contributed by atoms with E-state index in [-0.39, 0.29) is 24.8 Å². The van der Waals surface area contributed by atoms with E-state index >= 15 is 0 Å². The van der Waals surface area contributed by atoms with Gasteiger partial charge in [0.2, 0.25) is 17.7 Å². The van der Waals surface area contributed by atoms with E-state index < -0.39 is 11.3 Å². The molecule has 0 aromatic carbocycles. The van der Waals surface area contributed by atoms with E-state index in [4.69, 9.17) is 5.21 Å². The van der Waals surface area contributed by atoms with E-state index in [1.54, 1.807) is 5.48 Å². The normalized spacial score (nSPS) is 22.5. The summed E-state index contributed by atoms with van der Waals surface area (Å²) in [6, 6.07) is 0. The van der Waals surface area contributed by atoms with Gasteiger partial charge in [0, 0.05) is 20.0 Å². The molecule has 1 rings (SSSR count). The molecule has 0 radical (unpaired) electrons. The fourth-order valence-electron chi connectivity index (χ4n) is 2.61. The molecule has 0 aromatic rings. The van der Waals surface area contributed by atoms with Crippen LogP contribution in [0.3, 0.4) is 0 Å². The second-order valence-corrected chi connectivity index (χ2v) is 4.89. The van der Waals surface area contributed by atoms with Gasteiger partial charge in [-0.25, -0.2) is 5.48 Å². The van der Waals surface area contributed by atoms with Crippen LogP contribution in [0.25, 0.3) is 0 Å². The summed E-state index contributed by atoms with van der Waals surface area (Å²) in [5.41, 5.74) is 0.791. The first kappa shape index (κ1) is 15.4. The maximum Gasteiger partial charge on any atom is 0.244 e. The Kier molecular flexibility index (Phi) is 5.29. The van der Waals surface area contributed by atoms with Crippen LogP contribution in [0.2, 0.25) is 0 Å². The molecule has 1 fully saturated rings. The van der Waals surface area contributed by atoms with E-state index in [1.807, 2.05) is 6.92 Å². The Morgan fingerprint density at radius 2 is 2.11 bits per heavy atom. The zero-order valence-corrected chi connectivity index (χ0v) is 11.4. The highest BCUT2D eigenvalue weighted by Crippen LogP contribution is 2.39. The molecule has 7 nitrogen and oxygen atoms in total. The number of carbonyl (C=O) groups excluding carboxylic acids is 3. The van der Waals surface area contributed by atoms with Crippen molar-refractivity contribution in [1.82, 2.24) is 15.7 Å². The van der Waals surface area contributed by atoms with Crippen molar-refractivity contribution in [3.05, 3.63) is 0 Å². The molecular formula is C12H21N3O4. The highest BCUT2D eigenvalue weighted by Gasteiger charge is 2.47. The minimum atomic E-state index is -0.782. The lowest BCUT2D eigenvalue weighted by atomic mass is 9.78. The van der Waals surface area contributed by atoms with E-state index in [0.717, 1.165) is 6.42 Å². The number of nitrogens with one attached hydrogen (secondary N) is 2. The summed E-state index contributed by atoms with van der Waals surface area (Å²) in [6.45, 7) is 2.42. The molecule has 0 saturated carbocycles. The summed E-state index contributed by atoms with van der Waals surface area (Å²) in [5, 5.41) is 11.1. The average Bonchev–Trinajstić information content (AvgIpc) is 2.68. The van der Waals surface area contributed by atoms with Crippen LogP contribution in [0.15, 0.2) is 0 Å². The van der Waals surface area contributed by atoms with Crippen molar-refractivity contribution in [3.8, 4) is 0 Å². The number of carbonyl (C=O) groups is 3. The fraction of sp³-hybridized carbons (Fsp3) is 0.750. The maximum atomic E-state index is 12.4. The summed E-state index contributed by atoms with van der Waals surface area (Å²) in [7, 11) is 1.52. The molecule has 1 heterocycles. The Labute approximate surface area is 112 Å². The second-order valence-electron chi connectivity index (χ2n) is 4.89. The van der Waals surface area contributed by atoms with Crippen LogP contribution >= 0.6 is 0 Å². The van der Waals surface area contributed by atoms with Gasteiger partial charge in [-0.2, -0.15) is 0 Å². The zero-order chi connectivity index (χ0) is 14.5. The van der Waals surface area contributed by atoms with Crippen molar-refractivity contribution in [3.63, 3.8) is 0 Å². The fourth-order valence-corrected chi connectivity index (χ4v) is 2.61. The van der Waals surface area contributed by atoms with E-state index in [2.05, 4.69) is 5.32 Å². The van der Waals surface area contributed by atoms with Gasteiger partial charge in [0.1, 0.15) is 0 Å². The molecule has 1 aliphatic rings. The molecule has 3 amide bonds. The second kappa shape index (κ2) is 6.51. The van der Waals surface area contributed by atoms with Crippen LogP contribution in [0, 0.1) is 5.41 Å². The third kappa shape index (κ3) is 3.44. The van der Waals surface area contributed by atoms with E-state index in [9.17, 15) is 14.4 Å². The largest absolute Gasteiger partial charge is 0.358 e. The predicted octanol–water partition coefficient (Wildman–Crippen LogP) is -0.353. The molecule has 0 aliphatic carbocycles. The third-order valence-electron chi connectivity index (χ3n) is 3.57. The Balaban J connectivity index is 2.80. The highest BCUT2D eigenvalue weighted by atomic mass is 16.5. The van der Waals surface area contributed by atoms with Gasteiger partial charge in [-0.05, 0) is 12.8 Å². The first-order valence-electron chi connectivity index (χ1n) is 6.42. The lowest BCUT2D eigenvalue weighted by molar-refractivity contribution is -0.144. The molecule has 19 heavy (non-hydrogen) atoms. The van der Waals surface area contributed by atoms with Gasteiger partial charge < -0.3 is 10.2 Å². The van der Waals surface area contributed by atoms with Crippen LogP contribution in [0.5, 0.6) is 0 Å². The van der Waals surface area contributed by atoms with Crippen LogP contribution in [-0.2, 0) is 14.4 Å². The lowest BCUT2D eigenvalue weighted by Crippen LogP contribution is -2.42. The van der Waals surface area contributed by atoms with Crippen molar-refractivity contribution in [1.29, 1.82) is 0 Å². The van der Waals surface area contributed by atoms with E-state index in [1.165, 1.54) is 11.9 Å². The lowest BCUT2D eigenvalue weighted by Gasteiger charge is -2.26. The summed E-state index contributed by atoms with van der Waals surface area (Å²) >= 11 is 0. The first-order chi connectivity index (χ1) is 8.99. The summed E-state index contributed by atoms with van der Waals surface area (Å²) < 4.78 is 0. The quantitative estimate of drug-likeness (QED) is 0.454. The van der Waals surface area contributed by atoms with Gasteiger partial charge >= 0.3 is 0 Å². The Morgan fingerprint density at radius 3 is 2.63 bits per heavy atom. The van der Waals surface area contributed by atoms with Gasteiger partial charge in [-0.1, -0.05) is 13.3 Å². The standard InChI is InChI=1S/C12H21N3O4/c1-3-4-12(7-9(16)14-19)5-6-15(11(12)18)8-10(17)13-2/h19H,3-8H2,1-2H3,(H,13,17)(H,14,16). The number of likely N-dealkylation sites (N-methyl/N-ethyl adjacent to an activating group) is 1. The average molecular weight is 271 g/mol. The minimum Gasteiger partial charge on any atom is -0.358 e. The van der Waals surface area contributed by atoms with Crippen molar-refractivity contribution in [2.24, 2.45) is 5.41 Å². The van der Waals surface area contributed by atoms with Gasteiger partial charge in [0.25, 0.3) is 0 Å². The van der Waals surface area contributed by atoms with Gasteiger partial charge in [0.05, 0.1) is 12.0 Å². The molecule has 0 spiro atoms. The topological polar surface area (TPSA) is 98.7 Å². The van der Waals surface area contributed by atoms with Gasteiger partial charge in [0.15, 0.2) is 0 Å². The molecule has 1 atom stereocenters. The number of amides is 3. The number of likely N-dealkylation sites (tertiary alicyclic amines) is 1. The van der Waals surface area contributed by atoms with Crippen molar-refractivity contribution in [2.75, 3.05) is 20.1 Å². The molecule has 0 bridgehead atoms. The van der Waals surface area contributed by atoms with Crippen molar-refractivity contribution in [2.45, 2.75) is 32.6 Å². The summed E-state index contributed by atoms with van der Waals surface area (Å²) in [6.07, 6.45) is 1.83. The van der Waals surface area contributed by atoms with Gasteiger partial charge in [-0.3, -0.25) is 19.6 Å². The monoisotopic (exact) mass is 271 g/mol. The minimum absolute atomic E-state index is 0.0154. The predicted molar refractivity (Wildman–Crippen MR) is 67.2 cm³/mol. The van der Waals surface area contributed by atoms with Crippen molar-refractivity contribution < 1.29 is 19.6 Å². The van der Waals surface area contributed by atoms with Crippen LogP contribution in [0.4, 0.5) is 0 Å². The summed E-state index contributed by atoms with van der Waals surface area (Å²) in [4.78, 5) is 36.6. The molecule has 1 unspecified atom stereocenters. The first-order valence-corrected chi connectivity index (χ1v) is 6.42. The van der Waals surface area contributed by atoms with Crippen LogP contribution < -0.4 is 10.8 Å². The number of nitrogens with zero attached hydrogens (tertiary/aromatic N) is 1. The van der Waals surface area contributed by atoms with Crippen LogP contribution in [0.1, 0.15) is 32.6 Å². The molecule has 108 valence electrons. The third-order valence-corrected chi connectivity index (χ3v) is 3.57. The number of hydrogen-bond donors (Lipinski definition) is 3. The maximum absolute atomic E-state index is 12.4. The number of hydrogen-bond acceptors (Lipinski definition) is 4. The van der Waals surface area contributed by atoms with Gasteiger partial charge in [-0.15, -0.1) is 0 Å². The molecule has 1 saturated heterocycles. The molecule has 3 N–H and O–H groups in total. The highest BCUT2D eigenvalue weighted by molar-refractivity contribution is 5.92. The molecule has 7 heteroatoms. The zero-order valence-electron chi connectivity index (χ0n) is 11.4. The molecule has 1 aliphatic heterocycles. The Bertz CT molecular complexity index is 372. The summed E-state index contributed by atoms with van der Waals surface area (Å²) in [5.74, 6) is -0.975. The Morgan fingerprint density at radius 1 is 1.42 bits per heavy atom. The number of hydroxylamine groups is 1. The van der Waals surface area contributed by atoms with E-state index in [0.29, 0.717) is 19.4 Å². The Hall–Kier alpha value is -1.63.